The third-order valence-corrected chi connectivity index (χ3v) is 6.24. The van der Waals surface area contributed by atoms with Crippen LogP contribution in [0, 0.1) is 0 Å². The Morgan fingerprint density at radius 3 is 2.75 bits per heavy atom. The van der Waals surface area contributed by atoms with Gasteiger partial charge in [0, 0.05) is 41.4 Å². The molecule has 0 spiro atoms. The second kappa shape index (κ2) is 8.16. The van der Waals surface area contributed by atoms with E-state index in [0.717, 1.165) is 23.7 Å². The number of benzene rings is 2. The molecule has 32 heavy (non-hydrogen) atoms. The van der Waals surface area contributed by atoms with Crippen LogP contribution in [0.2, 0.25) is 0 Å². The van der Waals surface area contributed by atoms with Gasteiger partial charge in [-0.15, -0.1) is 0 Å². The molecule has 164 valence electrons. The third kappa shape index (κ3) is 3.26. The summed E-state index contributed by atoms with van der Waals surface area (Å²) in [7, 11) is 1.55. The van der Waals surface area contributed by atoms with Gasteiger partial charge in [0.2, 0.25) is 0 Å². The number of hydrogen-bond acceptors (Lipinski definition) is 5. The molecule has 0 radical (unpaired) electrons. The van der Waals surface area contributed by atoms with Crippen LogP contribution < -0.4 is 4.74 Å². The predicted molar refractivity (Wildman–Crippen MR) is 119 cm³/mol. The summed E-state index contributed by atoms with van der Waals surface area (Å²) < 4.78 is 11.3. The molecule has 2 atom stereocenters. The first-order valence-corrected chi connectivity index (χ1v) is 10.7. The number of fused-ring (bicyclic) bond motifs is 1. The minimum atomic E-state index is -0.774. The zero-order chi connectivity index (χ0) is 22.2. The van der Waals surface area contributed by atoms with Crippen LogP contribution in [0.25, 0.3) is 16.7 Å². The van der Waals surface area contributed by atoms with Crippen LogP contribution in [0.4, 0.5) is 0 Å². The van der Waals surface area contributed by atoms with Crippen molar-refractivity contribution in [2.24, 2.45) is 0 Å². The van der Waals surface area contributed by atoms with Gasteiger partial charge < -0.3 is 24.5 Å². The summed E-state index contributed by atoms with van der Waals surface area (Å²) in [5.74, 6) is -1.01. The number of nitrogens with one attached hydrogen (secondary N) is 1. The molecule has 7 heteroatoms. The van der Waals surface area contributed by atoms with Gasteiger partial charge in [-0.05, 0) is 25.0 Å². The Kier molecular flexibility index (Phi) is 5.19. The van der Waals surface area contributed by atoms with E-state index in [1.807, 2.05) is 42.5 Å². The van der Waals surface area contributed by atoms with Crippen molar-refractivity contribution in [2.75, 3.05) is 20.3 Å². The second-order valence-electron chi connectivity index (χ2n) is 8.08. The standard InChI is InChI=1S/C25H24N2O5/c1-31-20-11-5-3-9-17(20)22-21(23(28)18-13-26-19-10-4-2-8-16(18)19)24(29)25(30)27(22)14-15-7-6-12-32-15/h2-5,8-11,13,15,22,26,28H,6-7,12,14H2,1H3/b23-21+. The predicted octanol–water partition coefficient (Wildman–Crippen LogP) is 3.78. The third-order valence-electron chi connectivity index (χ3n) is 6.24. The highest BCUT2D eigenvalue weighted by molar-refractivity contribution is 6.46. The lowest BCUT2D eigenvalue weighted by Gasteiger charge is -2.28. The van der Waals surface area contributed by atoms with Crippen LogP contribution in [0.3, 0.4) is 0 Å². The zero-order valence-corrected chi connectivity index (χ0v) is 17.7. The maximum atomic E-state index is 13.2. The highest BCUT2D eigenvalue weighted by atomic mass is 16.5. The van der Waals surface area contributed by atoms with E-state index >= 15 is 0 Å². The lowest BCUT2D eigenvalue weighted by Crippen LogP contribution is -2.36. The number of aromatic nitrogens is 1. The topological polar surface area (TPSA) is 91.9 Å². The smallest absolute Gasteiger partial charge is 0.295 e. The van der Waals surface area contributed by atoms with Crippen LogP contribution in [0.5, 0.6) is 5.75 Å². The van der Waals surface area contributed by atoms with Crippen LogP contribution >= 0.6 is 0 Å². The first-order chi connectivity index (χ1) is 15.6. The van der Waals surface area contributed by atoms with E-state index in [9.17, 15) is 14.7 Å². The first kappa shape index (κ1) is 20.3. The van der Waals surface area contributed by atoms with Gasteiger partial charge in [0.1, 0.15) is 11.5 Å². The van der Waals surface area contributed by atoms with Gasteiger partial charge in [0.05, 0.1) is 24.8 Å². The average molecular weight is 432 g/mol. The summed E-state index contributed by atoms with van der Waals surface area (Å²) in [6.45, 7) is 0.918. The van der Waals surface area contributed by atoms with Crippen LogP contribution in [0.1, 0.15) is 30.0 Å². The Morgan fingerprint density at radius 2 is 1.97 bits per heavy atom. The number of hydrogen-bond donors (Lipinski definition) is 2. The number of ether oxygens (including phenoxy) is 2. The van der Waals surface area contributed by atoms with Crippen molar-refractivity contribution >= 4 is 28.4 Å². The molecule has 1 aromatic heterocycles. The number of ketones is 1. The van der Waals surface area contributed by atoms with E-state index in [4.69, 9.17) is 9.47 Å². The van der Waals surface area contributed by atoms with Crippen LogP contribution in [-0.4, -0.2) is 53.0 Å². The van der Waals surface area contributed by atoms with Crippen LogP contribution in [0.15, 0.2) is 60.3 Å². The largest absolute Gasteiger partial charge is 0.507 e. The molecule has 0 bridgehead atoms. The van der Waals surface area contributed by atoms with Gasteiger partial charge >= 0.3 is 0 Å². The lowest BCUT2D eigenvalue weighted by atomic mass is 9.94. The van der Waals surface area contributed by atoms with Gasteiger partial charge in [-0.25, -0.2) is 0 Å². The first-order valence-electron chi connectivity index (χ1n) is 10.7. The normalized spacial score (nSPS) is 22.7. The van der Waals surface area contributed by atoms with E-state index in [2.05, 4.69) is 4.98 Å². The Balaban J connectivity index is 1.69. The number of likely N-dealkylation sites (tertiary alicyclic amines) is 1. The van der Waals surface area contributed by atoms with E-state index in [0.29, 0.717) is 23.5 Å². The van der Waals surface area contributed by atoms with E-state index in [1.54, 1.807) is 19.4 Å². The van der Waals surface area contributed by atoms with Crippen molar-refractivity contribution in [1.82, 2.24) is 9.88 Å². The number of aliphatic hydroxyl groups excluding tert-OH is 1. The number of H-pyrrole nitrogens is 1. The number of rotatable bonds is 5. The summed E-state index contributed by atoms with van der Waals surface area (Å²) in [6.07, 6.45) is 3.26. The minimum Gasteiger partial charge on any atom is -0.507 e. The number of Topliss-reactive ketones (excluding diaryl/α,β-unsaturated/α-hetero) is 1. The zero-order valence-electron chi connectivity index (χ0n) is 17.7. The SMILES string of the molecule is COc1ccccc1C1/C(=C(\O)c2c[nH]c3ccccc23)C(=O)C(=O)N1CC1CCCO1. The molecule has 2 fully saturated rings. The lowest BCUT2D eigenvalue weighted by molar-refractivity contribution is -0.140. The van der Waals surface area contributed by atoms with Crippen molar-refractivity contribution in [2.45, 2.75) is 25.0 Å². The van der Waals surface area contributed by atoms with Crippen molar-refractivity contribution in [3.8, 4) is 5.75 Å². The molecule has 5 rings (SSSR count). The molecule has 3 aromatic rings. The van der Waals surface area contributed by atoms with Crippen molar-refractivity contribution in [3.05, 3.63) is 71.4 Å². The molecule has 0 aliphatic carbocycles. The highest BCUT2D eigenvalue weighted by Crippen LogP contribution is 2.43. The van der Waals surface area contributed by atoms with Gasteiger partial charge in [-0.2, -0.15) is 0 Å². The summed E-state index contributed by atoms with van der Waals surface area (Å²) in [5, 5.41) is 12.1. The van der Waals surface area contributed by atoms with Gasteiger partial charge in [0.25, 0.3) is 11.7 Å². The summed E-state index contributed by atoms with van der Waals surface area (Å²) in [4.78, 5) is 31.0. The molecule has 2 aromatic carbocycles. The molecule has 2 unspecified atom stereocenters. The Bertz CT molecular complexity index is 1220. The molecule has 2 N–H and O–H groups in total. The number of aliphatic hydroxyl groups is 1. The fourth-order valence-electron chi connectivity index (χ4n) is 4.70. The number of carbonyl (C=O) groups is 2. The van der Waals surface area contributed by atoms with E-state index < -0.39 is 17.7 Å². The molecule has 2 aliphatic rings. The molecule has 3 heterocycles. The monoisotopic (exact) mass is 432 g/mol. The summed E-state index contributed by atoms with van der Waals surface area (Å²) in [6, 6.07) is 14.0. The number of carbonyl (C=O) groups excluding carboxylic acids is 2. The molecule has 2 saturated heterocycles. The highest BCUT2D eigenvalue weighted by Gasteiger charge is 2.48. The minimum absolute atomic E-state index is 0.0576. The van der Waals surface area contributed by atoms with E-state index in [1.165, 1.54) is 4.90 Å². The maximum Gasteiger partial charge on any atom is 0.295 e. The van der Waals surface area contributed by atoms with Gasteiger partial charge in [-0.1, -0.05) is 36.4 Å². The fourth-order valence-corrected chi connectivity index (χ4v) is 4.70. The Morgan fingerprint density at radius 1 is 1.19 bits per heavy atom. The summed E-state index contributed by atoms with van der Waals surface area (Å²) in [5.41, 5.74) is 2.02. The average Bonchev–Trinajstić information content (AvgIpc) is 3.54. The molecule has 1 amide bonds. The molecule has 0 saturated carbocycles. The maximum absolute atomic E-state index is 13.2. The number of aromatic amines is 1. The van der Waals surface area contributed by atoms with Crippen molar-refractivity contribution in [1.29, 1.82) is 0 Å². The quantitative estimate of drug-likeness (QED) is 0.364. The van der Waals surface area contributed by atoms with Gasteiger partial charge in [0.15, 0.2) is 0 Å². The Hall–Kier alpha value is -3.58. The number of amides is 1. The molecule has 7 nitrogen and oxygen atoms in total. The van der Waals surface area contributed by atoms with E-state index in [-0.39, 0.29) is 24.0 Å². The number of nitrogens with zero attached hydrogens (tertiary/aromatic N) is 1. The molecular formula is C25H24N2O5. The molecular weight excluding hydrogens is 408 g/mol. The number of para-hydroxylation sites is 2. The van der Waals surface area contributed by atoms with Crippen molar-refractivity contribution < 1.29 is 24.2 Å². The second-order valence-corrected chi connectivity index (χ2v) is 8.08. The van der Waals surface area contributed by atoms with Crippen molar-refractivity contribution in [3.63, 3.8) is 0 Å². The van der Waals surface area contributed by atoms with Crippen LogP contribution in [-0.2, 0) is 14.3 Å². The van der Waals surface area contributed by atoms with Gasteiger partial charge in [-0.3, -0.25) is 9.59 Å². The molecule has 2 aliphatic heterocycles. The Labute approximate surface area is 185 Å². The summed E-state index contributed by atoms with van der Waals surface area (Å²) >= 11 is 0. The fraction of sp³-hybridized carbons (Fsp3) is 0.280. The number of methoxy groups -OCH3 is 1.